The van der Waals surface area contributed by atoms with Gasteiger partial charge in [-0.1, -0.05) is 12.1 Å². The summed E-state index contributed by atoms with van der Waals surface area (Å²) in [6, 6.07) is 6.42. The predicted molar refractivity (Wildman–Crippen MR) is 77.3 cm³/mol. The van der Waals surface area contributed by atoms with E-state index in [0.29, 0.717) is 5.75 Å². The van der Waals surface area contributed by atoms with Crippen molar-refractivity contribution in [3.05, 3.63) is 46.9 Å². The number of aromatic nitrogens is 2. The lowest BCUT2D eigenvalue weighted by Gasteiger charge is -2.15. The molecule has 1 atom stereocenters. The first kappa shape index (κ1) is 13.2. The summed E-state index contributed by atoms with van der Waals surface area (Å²) in [7, 11) is 1.81. The Morgan fingerprint density at radius 1 is 1.40 bits per heavy atom. The Kier molecular flexibility index (Phi) is 3.25. The third-order valence-electron chi connectivity index (χ3n) is 3.34. The molecule has 1 aliphatic heterocycles. The van der Waals surface area contributed by atoms with Gasteiger partial charge in [-0.3, -0.25) is 9.48 Å². The molecule has 1 amide bonds. The maximum atomic E-state index is 13.1. The van der Waals surface area contributed by atoms with E-state index < -0.39 is 0 Å². The topological polar surface area (TPSA) is 46.9 Å². The fourth-order valence-electron chi connectivity index (χ4n) is 2.45. The van der Waals surface area contributed by atoms with Crippen molar-refractivity contribution in [2.24, 2.45) is 7.05 Å². The summed E-state index contributed by atoms with van der Waals surface area (Å²) in [5, 5.41) is 7.25. The number of rotatable bonds is 1. The summed E-state index contributed by atoms with van der Waals surface area (Å²) in [6.07, 6.45) is 0. The number of halogens is 1. The minimum Gasteiger partial charge on any atom is -0.310 e. The highest BCUT2D eigenvalue weighted by molar-refractivity contribution is 8.00. The van der Waals surface area contributed by atoms with Crippen LogP contribution in [0.3, 0.4) is 0 Å². The number of fused-ring (bicyclic) bond motifs is 1. The van der Waals surface area contributed by atoms with Crippen molar-refractivity contribution in [2.45, 2.75) is 12.2 Å². The Hall–Kier alpha value is -1.82. The lowest BCUT2D eigenvalue weighted by atomic mass is 10.0. The molecule has 1 aromatic heterocycles. The van der Waals surface area contributed by atoms with Crippen LogP contribution in [-0.2, 0) is 11.8 Å². The molecule has 0 bridgehead atoms. The molecular formula is C14H14FN3OS. The monoisotopic (exact) mass is 291 g/mol. The maximum absolute atomic E-state index is 13.1. The highest BCUT2D eigenvalue weighted by Crippen LogP contribution is 2.42. The molecule has 3 rings (SSSR count). The Bertz CT molecular complexity index is 666. The molecule has 104 valence electrons. The molecule has 2 heterocycles. The summed E-state index contributed by atoms with van der Waals surface area (Å²) in [6.45, 7) is 1.92. The molecule has 6 heteroatoms. The van der Waals surface area contributed by atoms with E-state index in [1.54, 1.807) is 16.8 Å². The zero-order chi connectivity index (χ0) is 14.3. The van der Waals surface area contributed by atoms with E-state index in [4.69, 9.17) is 0 Å². The number of hydrogen-bond donors (Lipinski definition) is 1. The average molecular weight is 291 g/mol. The van der Waals surface area contributed by atoms with Crippen molar-refractivity contribution < 1.29 is 9.18 Å². The maximum Gasteiger partial charge on any atom is 0.235 e. The predicted octanol–water partition coefficient (Wildman–Crippen LogP) is 2.64. The number of anilines is 1. The molecule has 4 nitrogen and oxygen atoms in total. The normalized spacial score (nSPS) is 18.4. The minimum atomic E-state index is -0.260. The van der Waals surface area contributed by atoms with Crippen LogP contribution >= 0.6 is 11.8 Å². The number of carbonyl (C=O) groups excluding carboxylic acids is 1. The second-order valence-corrected chi connectivity index (χ2v) is 5.86. The number of thioether (sulfide) groups is 1. The van der Waals surface area contributed by atoms with Gasteiger partial charge >= 0.3 is 0 Å². The first-order chi connectivity index (χ1) is 9.56. The molecule has 1 aliphatic rings. The number of aryl methyl sites for hydroxylation is 2. The van der Waals surface area contributed by atoms with Gasteiger partial charge in [-0.05, 0) is 24.6 Å². The van der Waals surface area contributed by atoms with Gasteiger partial charge in [0, 0.05) is 12.6 Å². The standard InChI is InChI=1S/C14H14FN3OS/c1-8-12-13(9-3-5-10(15)6-4-9)20-7-11(19)16-14(12)18(2)17-8/h3-6,13H,7H2,1-2H3,(H,16,19). The number of nitrogens with zero attached hydrogens (tertiary/aromatic N) is 2. The summed E-state index contributed by atoms with van der Waals surface area (Å²) in [5.41, 5.74) is 2.85. The Balaban J connectivity index is 2.12. The number of amides is 1. The molecular weight excluding hydrogens is 277 g/mol. The highest BCUT2D eigenvalue weighted by atomic mass is 32.2. The van der Waals surface area contributed by atoms with Crippen molar-refractivity contribution in [3.8, 4) is 0 Å². The Morgan fingerprint density at radius 3 is 2.80 bits per heavy atom. The lowest BCUT2D eigenvalue weighted by molar-refractivity contribution is -0.113. The highest BCUT2D eigenvalue weighted by Gasteiger charge is 2.29. The van der Waals surface area contributed by atoms with Crippen LogP contribution in [0.1, 0.15) is 22.1 Å². The van der Waals surface area contributed by atoms with Gasteiger partial charge in [0.15, 0.2) is 0 Å². The summed E-state index contributed by atoms with van der Waals surface area (Å²) in [4.78, 5) is 11.8. The third kappa shape index (κ3) is 2.20. The van der Waals surface area contributed by atoms with E-state index in [9.17, 15) is 9.18 Å². The van der Waals surface area contributed by atoms with Gasteiger partial charge in [0.25, 0.3) is 0 Å². The van der Waals surface area contributed by atoms with E-state index in [0.717, 1.165) is 22.6 Å². The average Bonchev–Trinajstić information content (AvgIpc) is 2.60. The van der Waals surface area contributed by atoms with Gasteiger partial charge in [0.05, 0.1) is 16.7 Å². The fourth-order valence-corrected chi connectivity index (χ4v) is 3.64. The van der Waals surface area contributed by atoms with Crippen molar-refractivity contribution in [3.63, 3.8) is 0 Å². The van der Waals surface area contributed by atoms with Crippen LogP contribution < -0.4 is 5.32 Å². The number of nitrogens with one attached hydrogen (secondary N) is 1. The van der Waals surface area contributed by atoms with E-state index in [1.165, 1.54) is 23.9 Å². The SMILES string of the molecule is Cc1nn(C)c2c1C(c1ccc(F)cc1)SCC(=O)N2. The Morgan fingerprint density at radius 2 is 2.10 bits per heavy atom. The van der Waals surface area contributed by atoms with Gasteiger partial charge in [-0.25, -0.2) is 4.39 Å². The third-order valence-corrected chi connectivity index (χ3v) is 4.61. The van der Waals surface area contributed by atoms with Crippen LogP contribution in [0.4, 0.5) is 10.2 Å². The first-order valence-corrected chi connectivity index (χ1v) is 7.31. The van der Waals surface area contributed by atoms with Crippen LogP contribution in [-0.4, -0.2) is 21.4 Å². The Labute approximate surface area is 120 Å². The molecule has 0 aliphatic carbocycles. The molecule has 0 radical (unpaired) electrons. The molecule has 1 N–H and O–H groups in total. The summed E-state index contributed by atoms with van der Waals surface area (Å²) in [5.74, 6) is 0.802. The number of carbonyl (C=O) groups is 1. The van der Waals surface area contributed by atoms with E-state index >= 15 is 0 Å². The largest absolute Gasteiger partial charge is 0.310 e. The molecule has 1 unspecified atom stereocenters. The fraction of sp³-hybridized carbons (Fsp3) is 0.286. The van der Waals surface area contributed by atoms with Crippen LogP contribution in [0, 0.1) is 12.7 Å². The second kappa shape index (κ2) is 4.94. The zero-order valence-corrected chi connectivity index (χ0v) is 12.0. The minimum absolute atomic E-state index is 0.0155. The molecule has 0 fully saturated rings. The molecule has 20 heavy (non-hydrogen) atoms. The van der Waals surface area contributed by atoms with Gasteiger partial charge in [0.1, 0.15) is 11.6 Å². The van der Waals surface area contributed by atoms with Gasteiger partial charge in [-0.15, -0.1) is 11.8 Å². The molecule has 2 aromatic rings. The smallest absolute Gasteiger partial charge is 0.235 e. The molecule has 0 saturated heterocycles. The van der Waals surface area contributed by atoms with Crippen molar-refractivity contribution >= 4 is 23.5 Å². The van der Waals surface area contributed by atoms with Crippen molar-refractivity contribution in [1.82, 2.24) is 9.78 Å². The summed E-state index contributed by atoms with van der Waals surface area (Å²) >= 11 is 1.53. The number of hydrogen-bond acceptors (Lipinski definition) is 3. The molecule has 0 spiro atoms. The van der Waals surface area contributed by atoms with Crippen LogP contribution in [0.5, 0.6) is 0 Å². The first-order valence-electron chi connectivity index (χ1n) is 6.26. The quantitative estimate of drug-likeness (QED) is 0.878. The lowest BCUT2D eigenvalue weighted by Crippen LogP contribution is -2.15. The van der Waals surface area contributed by atoms with Crippen LogP contribution in [0.25, 0.3) is 0 Å². The molecule has 1 aromatic carbocycles. The second-order valence-electron chi connectivity index (χ2n) is 4.76. The van der Waals surface area contributed by atoms with E-state index in [-0.39, 0.29) is 17.0 Å². The summed E-state index contributed by atoms with van der Waals surface area (Å²) < 4.78 is 14.8. The van der Waals surface area contributed by atoms with Crippen LogP contribution in [0.15, 0.2) is 24.3 Å². The molecule has 0 saturated carbocycles. The number of benzene rings is 1. The van der Waals surface area contributed by atoms with Gasteiger partial charge < -0.3 is 5.32 Å². The van der Waals surface area contributed by atoms with Gasteiger partial charge in [-0.2, -0.15) is 5.10 Å². The van der Waals surface area contributed by atoms with Crippen LogP contribution in [0.2, 0.25) is 0 Å². The van der Waals surface area contributed by atoms with Crippen molar-refractivity contribution in [1.29, 1.82) is 0 Å². The van der Waals surface area contributed by atoms with E-state index in [2.05, 4.69) is 10.4 Å². The van der Waals surface area contributed by atoms with E-state index in [1.807, 2.05) is 14.0 Å². The van der Waals surface area contributed by atoms with Crippen molar-refractivity contribution in [2.75, 3.05) is 11.1 Å². The zero-order valence-electron chi connectivity index (χ0n) is 11.2. The van der Waals surface area contributed by atoms with Gasteiger partial charge in [0.2, 0.25) is 5.91 Å².